The summed E-state index contributed by atoms with van der Waals surface area (Å²) in [6.45, 7) is 1.58. The van der Waals surface area contributed by atoms with Crippen molar-refractivity contribution in [2.24, 2.45) is 0 Å². The molecule has 6 heteroatoms. The van der Waals surface area contributed by atoms with E-state index in [1.165, 1.54) is 6.20 Å². The molecule has 0 aliphatic heterocycles. The summed E-state index contributed by atoms with van der Waals surface area (Å²) in [7, 11) is 0. The predicted molar refractivity (Wildman–Crippen MR) is 58.0 cm³/mol. The Hall–Kier alpha value is -0.790. The second kappa shape index (κ2) is 4.82. The molecule has 0 saturated heterocycles. The van der Waals surface area contributed by atoms with E-state index in [2.05, 4.69) is 4.98 Å². The van der Waals surface area contributed by atoms with E-state index < -0.39 is 18.8 Å². The number of hydrogen-bond acceptors (Lipinski definition) is 2. The number of aryl methyl sites for hydroxylation is 1. The molecule has 15 heavy (non-hydrogen) atoms. The van der Waals surface area contributed by atoms with Crippen molar-refractivity contribution >= 4 is 28.6 Å². The van der Waals surface area contributed by atoms with Crippen LogP contribution < -0.4 is 0 Å². The third-order valence-corrected chi connectivity index (χ3v) is 2.80. The van der Waals surface area contributed by atoms with Crippen molar-refractivity contribution in [2.75, 3.05) is 0 Å². The van der Waals surface area contributed by atoms with E-state index in [1.807, 2.05) is 0 Å². The first-order valence-corrected chi connectivity index (χ1v) is 5.15. The Bertz CT molecular complexity index is 396. The highest BCUT2D eigenvalue weighted by Crippen LogP contribution is 2.28. The lowest BCUT2D eigenvalue weighted by atomic mass is 10.0. The van der Waals surface area contributed by atoms with Crippen molar-refractivity contribution in [2.45, 2.75) is 19.8 Å². The molecule has 0 amide bonds. The summed E-state index contributed by atoms with van der Waals surface area (Å²) in [5.41, 5.74) is 0.378. The quantitative estimate of drug-likeness (QED) is 0.686. The molecule has 1 heterocycles. The molecule has 0 radical (unpaired) electrons. The minimum atomic E-state index is -2.70. The van der Waals surface area contributed by atoms with Crippen molar-refractivity contribution in [3.63, 3.8) is 0 Å². The van der Waals surface area contributed by atoms with Gasteiger partial charge in [-0.2, -0.15) is 0 Å². The second-order valence-corrected chi connectivity index (χ2v) is 4.02. The van der Waals surface area contributed by atoms with Crippen molar-refractivity contribution in [1.82, 2.24) is 4.98 Å². The summed E-state index contributed by atoms with van der Waals surface area (Å²) in [5.74, 6) is -1.12. The molecule has 0 fully saturated rings. The third kappa shape index (κ3) is 2.83. The molecule has 0 aliphatic carbocycles. The number of nitrogens with zero attached hydrogens (tertiary/aromatic N) is 1. The number of alkyl halides is 2. The molecule has 0 atom stereocenters. The minimum absolute atomic E-state index is 0.157. The standard InChI is InChI=1S/C9H8F2INO2/c1-4-3-13-9(12)7(8(10)11)5(4)2-6(14)15/h3,8H,2H2,1H3,(H,14,15). The van der Waals surface area contributed by atoms with Gasteiger partial charge in [0.25, 0.3) is 6.43 Å². The van der Waals surface area contributed by atoms with Gasteiger partial charge in [-0.05, 0) is 40.6 Å². The Labute approximate surface area is 98.7 Å². The molecular formula is C9H8F2INO2. The summed E-state index contributed by atoms with van der Waals surface area (Å²) in [6.07, 6.45) is -1.69. The fourth-order valence-corrected chi connectivity index (χ4v) is 1.95. The first-order valence-electron chi connectivity index (χ1n) is 4.07. The van der Waals surface area contributed by atoms with Crippen LogP contribution >= 0.6 is 22.6 Å². The molecule has 0 unspecified atom stereocenters. The highest BCUT2D eigenvalue weighted by Gasteiger charge is 2.21. The molecule has 1 N–H and O–H groups in total. The number of halogens is 3. The SMILES string of the molecule is Cc1cnc(I)c(C(F)F)c1CC(=O)O. The number of pyridine rings is 1. The highest BCUT2D eigenvalue weighted by molar-refractivity contribution is 14.1. The van der Waals surface area contributed by atoms with Gasteiger partial charge in [-0.1, -0.05) is 0 Å². The number of hydrogen-bond donors (Lipinski definition) is 1. The fraction of sp³-hybridized carbons (Fsp3) is 0.333. The van der Waals surface area contributed by atoms with Crippen LogP contribution in [0, 0.1) is 10.6 Å². The van der Waals surface area contributed by atoms with Crippen molar-refractivity contribution < 1.29 is 18.7 Å². The largest absolute Gasteiger partial charge is 0.481 e. The number of carboxylic acid groups (broad SMARTS) is 1. The lowest BCUT2D eigenvalue weighted by Gasteiger charge is -2.11. The van der Waals surface area contributed by atoms with Gasteiger partial charge in [0.2, 0.25) is 0 Å². The van der Waals surface area contributed by atoms with Crippen LogP contribution in [0.1, 0.15) is 23.1 Å². The summed E-state index contributed by atoms with van der Waals surface area (Å²) < 4.78 is 25.5. The van der Waals surface area contributed by atoms with Crippen LogP contribution in [0.15, 0.2) is 6.20 Å². The Kier molecular flexibility index (Phi) is 3.95. The third-order valence-electron chi connectivity index (χ3n) is 1.94. The van der Waals surface area contributed by atoms with Gasteiger partial charge >= 0.3 is 5.97 Å². The van der Waals surface area contributed by atoms with Crippen molar-refractivity contribution in [1.29, 1.82) is 0 Å². The maximum absolute atomic E-state index is 12.7. The molecule has 0 aliphatic rings. The molecule has 0 saturated carbocycles. The molecule has 1 rings (SSSR count). The minimum Gasteiger partial charge on any atom is -0.481 e. The lowest BCUT2D eigenvalue weighted by Crippen LogP contribution is -2.09. The van der Waals surface area contributed by atoms with Crippen LogP contribution in [0.25, 0.3) is 0 Å². The van der Waals surface area contributed by atoms with Gasteiger partial charge in [-0.3, -0.25) is 4.79 Å². The number of aromatic nitrogens is 1. The first-order chi connectivity index (χ1) is 6.93. The smallest absolute Gasteiger partial charge is 0.307 e. The molecule has 0 spiro atoms. The molecular weight excluding hydrogens is 319 g/mol. The molecule has 0 bridgehead atoms. The van der Waals surface area contributed by atoms with Gasteiger partial charge in [0.05, 0.1) is 12.0 Å². The molecule has 82 valence electrons. The van der Waals surface area contributed by atoms with Crippen LogP contribution in [0.2, 0.25) is 0 Å². The van der Waals surface area contributed by atoms with Crippen LogP contribution in [0.5, 0.6) is 0 Å². The predicted octanol–water partition coefficient (Wildman–Crippen LogP) is 2.56. The lowest BCUT2D eigenvalue weighted by molar-refractivity contribution is -0.136. The molecule has 3 nitrogen and oxygen atoms in total. The highest BCUT2D eigenvalue weighted by atomic mass is 127. The Morgan fingerprint density at radius 2 is 2.27 bits per heavy atom. The van der Waals surface area contributed by atoms with Gasteiger partial charge in [-0.15, -0.1) is 0 Å². The average Bonchev–Trinajstić information content (AvgIpc) is 2.10. The zero-order chi connectivity index (χ0) is 11.6. The van der Waals surface area contributed by atoms with Gasteiger partial charge in [0.1, 0.15) is 3.70 Å². The average molecular weight is 327 g/mol. The van der Waals surface area contributed by atoms with Gasteiger partial charge in [0, 0.05) is 6.20 Å². The van der Waals surface area contributed by atoms with E-state index >= 15 is 0 Å². The van der Waals surface area contributed by atoms with Crippen molar-refractivity contribution in [3.05, 3.63) is 26.6 Å². The first kappa shape index (κ1) is 12.3. The molecule has 0 aromatic carbocycles. The van der Waals surface area contributed by atoms with Crippen LogP contribution in [-0.4, -0.2) is 16.1 Å². The summed E-state index contributed by atoms with van der Waals surface area (Å²) >= 11 is 1.68. The fourth-order valence-electron chi connectivity index (χ4n) is 1.25. The normalized spacial score (nSPS) is 10.7. The number of carboxylic acids is 1. The van der Waals surface area contributed by atoms with Gasteiger partial charge in [0.15, 0.2) is 0 Å². The Balaban J connectivity index is 3.31. The Morgan fingerprint density at radius 1 is 1.67 bits per heavy atom. The Morgan fingerprint density at radius 3 is 2.73 bits per heavy atom. The maximum Gasteiger partial charge on any atom is 0.307 e. The molecule has 1 aromatic heterocycles. The van der Waals surface area contributed by atoms with Gasteiger partial charge in [-0.25, -0.2) is 13.8 Å². The number of carbonyl (C=O) groups is 1. The molecule has 1 aromatic rings. The van der Waals surface area contributed by atoms with E-state index in [9.17, 15) is 13.6 Å². The zero-order valence-electron chi connectivity index (χ0n) is 7.80. The van der Waals surface area contributed by atoms with Crippen LogP contribution in [0.4, 0.5) is 8.78 Å². The summed E-state index contributed by atoms with van der Waals surface area (Å²) in [6, 6.07) is 0. The van der Waals surface area contributed by atoms with Gasteiger partial charge < -0.3 is 5.11 Å². The van der Waals surface area contributed by atoms with Crippen molar-refractivity contribution in [3.8, 4) is 0 Å². The summed E-state index contributed by atoms with van der Waals surface area (Å²) in [5, 5.41) is 8.62. The van der Waals surface area contributed by atoms with E-state index in [-0.39, 0.29) is 14.8 Å². The van der Waals surface area contributed by atoms with E-state index in [1.54, 1.807) is 29.5 Å². The van der Waals surface area contributed by atoms with E-state index in [0.717, 1.165) is 0 Å². The summed E-state index contributed by atoms with van der Waals surface area (Å²) in [4.78, 5) is 14.3. The second-order valence-electron chi connectivity index (χ2n) is 3.00. The van der Waals surface area contributed by atoms with E-state index in [4.69, 9.17) is 5.11 Å². The number of aliphatic carboxylic acids is 1. The van der Waals surface area contributed by atoms with E-state index in [0.29, 0.717) is 5.56 Å². The van der Waals surface area contributed by atoms with Crippen LogP contribution in [0.3, 0.4) is 0 Å². The monoisotopic (exact) mass is 327 g/mol. The maximum atomic E-state index is 12.7. The zero-order valence-corrected chi connectivity index (χ0v) is 9.96. The number of rotatable bonds is 3. The van der Waals surface area contributed by atoms with Crippen LogP contribution in [-0.2, 0) is 11.2 Å². The topological polar surface area (TPSA) is 50.2 Å².